The molecule has 1 heterocycles. The predicted molar refractivity (Wildman–Crippen MR) is 117 cm³/mol. The largest absolute Gasteiger partial charge is 0.490 e. The minimum Gasteiger partial charge on any atom is -0.478 e. The fourth-order valence-electron chi connectivity index (χ4n) is 3.25. The minimum absolute atomic E-state index is 0.144. The first-order chi connectivity index (χ1) is 15.4. The number of carboxylic acid groups (broad SMARTS) is 2. The first kappa shape index (κ1) is 26.0. The van der Waals surface area contributed by atoms with Crippen molar-refractivity contribution in [2.24, 2.45) is 5.92 Å². The first-order valence-corrected chi connectivity index (χ1v) is 10.3. The molecule has 7 nitrogen and oxygen atoms in total. The van der Waals surface area contributed by atoms with Crippen molar-refractivity contribution in [3.63, 3.8) is 0 Å². The maximum absolute atomic E-state index is 12.6. The average molecular weight is 487 g/mol. The van der Waals surface area contributed by atoms with Crippen LogP contribution in [0.3, 0.4) is 0 Å². The zero-order valence-electron chi connectivity index (χ0n) is 17.5. The molecule has 1 unspecified atom stereocenters. The highest BCUT2D eigenvalue weighted by Crippen LogP contribution is 2.31. The van der Waals surface area contributed by atoms with Gasteiger partial charge in [-0.1, -0.05) is 18.5 Å². The van der Waals surface area contributed by atoms with Crippen molar-refractivity contribution >= 4 is 40.8 Å². The molecule has 2 aromatic rings. The van der Waals surface area contributed by atoms with Crippen LogP contribution in [0.2, 0.25) is 5.02 Å². The van der Waals surface area contributed by atoms with Crippen molar-refractivity contribution in [3.8, 4) is 0 Å². The molecule has 0 aliphatic carbocycles. The fourth-order valence-corrected chi connectivity index (χ4v) is 3.37. The van der Waals surface area contributed by atoms with E-state index in [-0.39, 0.29) is 11.5 Å². The Morgan fingerprint density at radius 2 is 1.64 bits per heavy atom. The highest BCUT2D eigenvalue weighted by molar-refractivity contribution is 6.30. The Bertz CT molecular complexity index is 1010. The molecule has 33 heavy (non-hydrogen) atoms. The molecule has 0 saturated carbocycles. The summed E-state index contributed by atoms with van der Waals surface area (Å²) in [5.41, 5.74) is 1.97. The molecule has 3 N–H and O–H groups in total. The van der Waals surface area contributed by atoms with E-state index < -0.39 is 18.1 Å². The molecule has 1 aliphatic rings. The standard InChI is InChI=1S/C20H21ClN2O3.C2HF3O2/c1-13-3-2-10-23(12-13)18-9-6-15(20(25)26)11-17(18)22-19(24)14-4-7-16(21)8-5-14;3-2(4,5)1(6)7/h4-9,11,13H,2-3,10,12H2,1H3,(H,22,24)(H,25,26);(H,6,7). The number of rotatable bonds is 4. The lowest BCUT2D eigenvalue weighted by Gasteiger charge is -2.34. The van der Waals surface area contributed by atoms with Crippen LogP contribution in [0.4, 0.5) is 24.5 Å². The Balaban J connectivity index is 0.000000479. The number of carboxylic acids is 2. The third-order valence-corrected chi connectivity index (χ3v) is 5.09. The number of benzene rings is 2. The number of aromatic carboxylic acids is 1. The summed E-state index contributed by atoms with van der Waals surface area (Å²) < 4.78 is 31.7. The summed E-state index contributed by atoms with van der Waals surface area (Å²) in [6.07, 6.45) is -2.83. The topological polar surface area (TPSA) is 107 Å². The maximum Gasteiger partial charge on any atom is 0.490 e. The number of hydrogen-bond donors (Lipinski definition) is 3. The van der Waals surface area contributed by atoms with Crippen LogP contribution in [0.1, 0.15) is 40.5 Å². The molecule has 0 spiro atoms. The van der Waals surface area contributed by atoms with Crippen molar-refractivity contribution < 1.29 is 37.8 Å². The summed E-state index contributed by atoms with van der Waals surface area (Å²) in [5.74, 6) is -3.52. The molecule has 1 amide bonds. The molecule has 0 bridgehead atoms. The molecule has 0 radical (unpaired) electrons. The van der Waals surface area contributed by atoms with Gasteiger partial charge in [-0.25, -0.2) is 9.59 Å². The van der Waals surface area contributed by atoms with Crippen LogP contribution in [-0.4, -0.2) is 47.3 Å². The zero-order valence-corrected chi connectivity index (χ0v) is 18.3. The molecule has 1 fully saturated rings. The second kappa shape index (κ2) is 11.0. The van der Waals surface area contributed by atoms with Crippen LogP contribution in [0.25, 0.3) is 0 Å². The minimum atomic E-state index is -5.08. The highest BCUT2D eigenvalue weighted by atomic mass is 35.5. The summed E-state index contributed by atoms with van der Waals surface area (Å²) in [6, 6.07) is 11.5. The molecule has 178 valence electrons. The van der Waals surface area contributed by atoms with Gasteiger partial charge in [0.05, 0.1) is 16.9 Å². The number of carbonyl (C=O) groups is 3. The van der Waals surface area contributed by atoms with Crippen molar-refractivity contribution in [2.45, 2.75) is 25.9 Å². The van der Waals surface area contributed by atoms with Gasteiger partial charge in [0.2, 0.25) is 0 Å². The third-order valence-electron chi connectivity index (χ3n) is 4.84. The summed E-state index contributed by atoms with van der Waals surface area (Å²) in [5, 5.41) is 19.8. The van der Waals surface area contributed by atoms with Gasteiger partial charge >= 0.3 is 18.1 Å². The number of alkyl halides is 3. The fraction of sp³-hybridized carbons (Fsp3) is 0.318. The molecule has 1 saturated heterocycles. The van der Waals surface area contributed by atoms with Gasteiger partial charge in [0.1, 0.15) is 0 Å². The van der Waals surface area contributed by atoms with E-state index >= 15 is 0 Å². The quantitative estimate of drug-likeness (QED) is 0.551. The van der Waals surface area contributed by atoms with E-state index in [1.807, 2.05) is 0 Å². The molecule has 3 rings (SSSR count). The number of anilines is 2. The normalized spacial score (nSPS) is 15.8. The van der Waals surface area contributed by atoms with Crippen LogP contribution < -0.4 is 10.2 Å². The lowest BCUT2D eigenvalue weighted by molar-refractivity contribution is -0.192. The number of hydrogen-bond acceptors (Lipinski definition) is 4. The molecule has 1 atom stereocenters. The van der Waals surface area contributed by atoms with Crippen LogP contribution in [0.15, 0.2) is 42.5 Å². The zero-order chi connectivity index (χ0) is 24.8. The number of halogens is 4. The monoisotopic (exact) mass is 486 g/mol. The summed E-state index contributed by atoms with van der Waals surface area (Å²) >= 11 is 5.87. The first-order valence-electron chi connectivity index (χ1n) is 9.87. The lowest BCUT2D eigenvalue weighted by atomic mass is 9.99. The van der Waals surface area contributed by atoms with E-state index in [9.17, 15) is 27.9 Å². The highest BCUT2D eigenvalue weighted by Gasteiger charge is 2.38. The van der Waals surface area contributed by atoms with Gasteiger partial charge in [0.15, 0.2) is 0 Å². The van der Waals surface area contributed by atoms with Crippen LogP contribution in [-0.2, 0) is 4.79 Å². The Labute approximate surface area is 192 Å². The van der Waals surface area contributed by atoms with Gasteiger partial charge in [-0.05, 0) is 61.2 Å². The second-order valence-electron chi connectivity index (χ2n) is 7.49. The number of carbonyl (C=O) groups excluding carboxylic acids is 1. The van der Waals surface area contributed by atoms with E-state index in [2.05, 4.69) is 17.1 Å². The van der Waals surface area contributed by atoms with Crippen molar-refractivity contribution in [2.75, 3.05) is 23.3 Å². The molecular formula is C22H22ClF3N2O5. The number of piperidine rings is 1. The Morgan fingerprint density at radius 3 is 2.15 bits per heavy atom. The Morgan fingerprint density at radius 1 is 1.06 bits per heavy atom. The van der Waals surface area contributed by atoms with Gasteiger partial charge < -0.3 is 20.4 Å². The molecule has 2 aromatic carbocycles. The smallest absolute Gasteiger partial charge is 0.478 e. The van der Waals surface area contributed by atoms with Crippen LogP contribution in [0, 0.1) is 5.92 Å². The molecule has 0 aromatic heterocycles. The molecule has 1 aliphatic heterocycles. The van der Waals surface area contributed by atoms with Gasteiger partial charge in [0.25, 0.3) is 5.91 Å². The Hall–Kier alpha value is -3.27. The van der Waals surface area contributed by atoms with Crippen LogP contribution in [0.5, 0.6) is 0 Å². The number of nitrogens with zero attached hydrogens (tertiary/aromatic N) is 1. The van der Waals surface area contributed by atoms with E-state index in [0.29, 0.717) is 22.2 Å². The van der Waals surface area contributed by atoms with Gasteiger partial charge in [-0.2, -0.15) is 13.2 Å². The summed E-state index contributed by atoms with van der Waals surface area (Å²) in [6.45, 7) is 3.97. The van der Waals surface area contributed by atoms with Crippen molar-refractivity contribution in [1.29, 1.82) is 0 Å². The van der Waals surface area contributed by atoms with E-state index in [1.165, 1.54) is 12.5 Å². The lowest BCUT2D eigenvalue weighted by Crippen LogP contribution is -2.35. The predicted octanol–water partition coefficient (Wildman–Crippen LogP) is 5.16. The maximum atomic E-state index is 12.6. The van der Waals surface area contributed by atoms with Gasteiger partial charge in [-0.15, -0.1) is 0 Å². The van der Waals surface area contributed by atoms with Gasteiger partial charge in [0, 0.05) is 23.7 Å². The average Bonchev–Trinajstić information content (AvgIpc) is 2.74. The third kappa shape index (κ3) is 7.67. The summed E-state index contributed by atoms with van der Waals surface area (Å²) in [4.78, 5) is 35.0. The van der Waals surface area contributed by atoms with Crippen LogP contribution >= 0.6 is 11.6 Å². The molecular weight excluding hydrogens is 465 g/mol. The Kier molecular flexibility index (Phi) is 8.69. The van der Waals surface area contributed by atoms with E-state index in [4.69, 9.17) is 21.5 Å². The van der Waals surface area contributed by atoms with Crippen molar-refractivity contribution in [3.05, 3.63) is 58.6 Å². The SMILES string of the molecule is CC1CCCN(c2ccc(C(=O)O)cc2NC(=O)c2ccc(Cl)cc2)C1.O=C(O)C(F)(F)F. The van der Waals surface area contributed by atoms with Gasteiger partial charge in [-0.3, -0.25) is 4.79 Å². The summed E-state index contributed by atoms with van der Waals surface area (Å²) in [7, 11) is 0. The number of aliphatic carboxylic acids is 1. The van der Waals surface area contributed by atoms with E-state index in [0.717, 1.165) is 25.2 Å². The van der Waals surface area contributed by atoms with E-state index in [1.54, 1.807) is 36.4 Å². The number of nitrogens with one attached hydrogen (secondary N) is 1. The molecule has 11 heteroatoms. The second-order valence-corrected chi connectivity index (χ2v) is 7.93. The van der Waals surface area contributed by atoms with Crippen molar-refractivity contribution in [1.82, 2.24) is 0 Å². The number of amides is 1.